The van der Waals surface area contributed by atoms with E-state index in [0.29, 0.717) is 6.54 Å². The Bertz CT molecular complexity index is 243. The molecule has 0 bridgehead atoms. The van der Waals surface area contributed by atoms with Crippen molar-refractivity contribution in [3.8, 4) is 0 Å². The van der Waals surface area contributed by atoms with Crippen LogP contribution in [0.3, 0.4) is 0 Å². The van der Waals surface area contributed by atoms with Gasteiger partial charge in [0.15, 0.2) is 0 Å². The monoisotopic (exact) mass is 223 g/mol. The Balaban J connectivity index is 2.00. The molecule has 0 aromatic carbocycles. The Morgan fingerprint density at radius 1 is 1.29 bits per heavy atom. The van der Waals surface area contributed by atoms with Crippen LogP contribution in [0.1, 0.15) is 12.0 Å². The first-order chi connectivity index (χ1) is 6.58. The van der Waals surface area contributed by atoms with Crippen LogP contribution in [0.2, 0.25) is 0 Å². The van der Waals surface area contributed by atoms with Gasteiger partial charge in [0.1, 0.15) is 0 Å². The minimum Gasteiger partial charge on any atom is -0.316 e. The van der Waals surface area contributed by atoms with Crippen molar-refractivity contribution in [2.24, 2.45) is 0 Å². The Morgan fingerprint density at radius 3 is 2.64 bits per heavy atom. The Labute approximate surface area is 84.9 Å². The van der Waals surface area contributed by atoms with Gasteiger partial charge in [-0.25, -0.2) is 0 Å². The van der Waals surface area contributed by atoms with Crippen molar-refractivity contribution in [2.45, 2.75) is 19.0 Å². The highest BCUT2D eigenvalue weighted by Crippen LogP contribution is 2.18. The van der Waals surface area contributed by atoms with Gasteiger partial charge >= 0.3 is 6.18 Å². The lowest BCUT2D eigenvalue weighted by atomic mass is 10.2. The van der Waals surface area contributed by atoms with Crippen LogP contribution in [0.4, 0.5) is 13.2 Å². The number of rotatable bonds is 5. The first-order valence-corrected chi connectivity index (χ1v) is 5.31. The maximum absolute atomic E-state index is 11.7. The molecule has 1 aromatic heterocycles. The van der Waals surface area contributed by atoms with Crippen molar-refractivity contribution in [1.82, 2.24) is 5.32 Å². The van der Waals surface area contributed by atoms with Crippen LogP contribution in [0.15, 0.2) is 16.8 Å². The molecule has 0 aliphatic carbocycles. The standard InChI is InChI=1S/C9H12F3NS/c10-9(11,12)3-5-13-4-1-8-2-6-14-7-8/h2,6-7,13H,1,3-5H2. The molecule has 0 amide bonds. The van der Waals surface area contributed by atoms with Gasteiger partial charge in [0, 0.05) is 6.54 Å². The van der Waals surface area contributed by atoms with E-state index in [9.17, 15) is 13.2 Å². The van der Waals surface area contributed by atoms with Gasteiger partial charge in [0.25, 0.3) is 0 Å². The lowest BCUT2D eigenvalue weighted by Gasteiger charge is -2.06. The first-order valence-electron chi connectivity index (χ1n) is 4.36. The van der Waals surface area contributed by atoms with Gasteiger partial charge in [0.2, 0.25) is 0 Å². The summed E-state index contributed by atoms with van der Waals surface area (Å²) in [6.07, 6.45) is -4.01. The third-order valence-corrected chi connectivity index (χ3v) is 2.49. The predicted molar refractivity (Wildman–Crippen MR) is 51.6 cm³/mol. The SMILES string of the molecule is FC(F)(F)CCNCCc1ccsc1. The fourth-order valence-corrected chi connectivity index (χ4v) is 1.73. The molecule has 1 nitrogen and oxygen atoms in total. The second-order valence-corrected chi connectivity index (χ2v) is 3.78. The van der Waals surface area contributed by atoms with Gasteiger partial charge in [-0.05, 0) is 35.4 Å². The molecule has 0 saturated heterocycles. The molecule has 0 aliphatic rings. The second-order valence-electron chi connectivity index (χ2n) is 3.00. The minimum absolute atomic E-state index is 0.00758. The highest BCUT2D eigenvalue weighted by atomic mass is 32.1. The number of alkyl halides is 3. The van der Waals surface area contributed by atoms with Crippen LogP contribution in [0.5, 0.6) is 0 Å². The highest BCUT2D eigenvalue weighted by Gasteiger charge is 2.25. The quantitative estimate of drug-likeness (QED) is 0.757. The maximum Gasteiger partial charge on any atom is 0.390 e. The summed E-state index contributed by atoms with van der Waals surface area (Å²) in [4.78, 5) is 0. The largest absolute Gasteiger partial charge is 0.390 e. The fraction of sp³-hybridized carbons (Fsp3) is 0.556. The summed E-state index contributed by atoms with van der Waals surface area (Å²) in [6.45, 7) is 0.612. The molecular weight excluding hydrogens is 211 g/mol. The Morgan fingerprint density at radius 2 is 2.07 bits per heavy atom. The van der Waals surface area contributed by atoms with Gasteiger partial charge in [-0.3, -0.25) is 0 Å². The summed E-state index contributed by atoms with van der Waals surface area (Å²) in [5, 5.41) is 6.73. The molecule has 0 fully saturated rings. The van der Waals surface area contributed by atoms with Crippen molar-refractivity contribution in [1.29, 1.82) is 0 Å². The average Bonchev–Trinajstić information content (AvgIpc) is 2.54. The average molecular weight is 223 g/mol. The van der Waals surface area contributed by atoms with Crippen molar-refractivity contribution in [3.05, 3.63) is 22.4 Å². The Kier molecular flexibility index (Phi) is 4.41. The number of halogens is 3. The summed E-state index contributed by atoms with van der Waals surface area (Å²) < 4.78 is 35.2. The van der Waals surface area contributed by atoms with Crippen molar-refractivity contribution >= 4 is 11.3 Å². The summed E-state index contributed by atoms with van der Waals surface area (Å²) in [6, 6.07) is 1.98. The van der Waals surface area contributed by atoms with Crippen LogP contribution >= 0.6 is 11.3 Å². The highest BCUT2D eigenvalue weighted by molar-refractivity contribution is 7.07. The van der Waals surface area contributed by atoms with E-state index in [-0.39, 0.29) is 6.54 Å². The first kappa shape index (κ1) is 11.5. The van der Waals surface area contributed by atoms with E-state index in [1.165, 1.54) is 5.56 Å². The van der Waals surface area contributed by atoms with Gasteiger partial charge in [-0.2, -0.15) is 24.5 Å². The summed E-state index contributed by atoms with van der Waals surface area (Å²) in [5.41, 5.74) is 1.18. The summed E-state index contributed by atoms with van der Waals surface area (Å²) >= 11 is 1.60. The number of nitrogens with one attached hydrogen (secondary N) is 1. The molecule has 0 spiro atoms. The van der Waals surface area contributed by atoms with Crippen LogP contribution in [0.25, 0.3) is 0 Å². The molecule has 80 valence electrons. The normalized spacial score (nSPS) is 11.9. The molecule has 1 heterocycles. The maximum atomic E-state index is 11.7. The van der Waals surface area contributed by atoms with Crippen molar-refractivity contribution in [3.63, 3.8) is 0 Å². The van der Waals surface area contributed by atoms with Crippen molar-refractivity contribution in [2.75, 3.05) is 13.1 Å². The van der Waals surface area contributed by atoms with E-state index in [2.05, 4.69) is 5.32 Å². The molecule has 14 heavy (non-hydrogen) atoms. The molecule has 0 unspecified atom stereocenters. The third-order valence-electron chi connectivity index (χ3n) is 1.76. The van der Waals surface area contributed by atoms with Gasteiger partial charge in [-0.15, -0.1) is 0 Å². The smallest absolute Gasteiger partial charge is 0.316 e. The molecule has 0 saturated carbocycles. The lowest BCUT2D eigenvalue weighted by molar-refractivity contribution is -0.133. The van der Waals surface area contributed by atoms with Gasteiger partial charge in [-0.1, -0.05) is 0 Å². The molecule has 0 radical (unpaired) electrons. The van der Waals surface area contributed by atoms with Crippen LogP contribution in [-0.4, -0.2) is 19.3 Å². The van der Waals surface area contributed by atoms with E-state index < -0.39 is 12.6 Å². The van der Waals surface area contributed by atoms with E-state index in [4.69, 9.17) is 0 Å². The minimum atomic E-state index is -4.05. The van der Waals surface area contributed by atoms with E-state index >= 15 is 0 Å². The fourth-order valence-electron chi connectivity index (χ4n) is 1.02. The molecule has 1 N–H and O–H groups in total. The van der Waals surface area contributed by atoms with E-state index in [1.54, 1.807) is 11.3 Å². The summed E-state index contributed by atoms with van der Waals surface area (Å²) in [5.74, 6) is 0. The van der Waals surface area contributed by atoms with E-state index in [0.717, 1.165) is 6.42 Å². The zero-order valence-electron chi connectivity index (χ0n) is 7.60. The zero-order chi connectivity index (χ0) is 10.4. The van der Waals surface area contributed by atoms with Gasteiger partial charge in [0.05, 0.1) is 6.42 Å². The topological polar surface area (TPSA) is 12.0 Å². The number of hydrogen-bond donors (Lipinski definition) is 1. The van der Waals surface area contributed by atoms with Crippen LogP contribution in [0, 0.1) is 0 Å². The zero-order valence-corrected chi connectivity index (χ0v) is 8.42. The van der Waals surface area contributed by atoms with E-state index in [1.807, 2.05) is 16.8 Å². The second kappa shape index (κ2) is 5.36. The Hall–Kier alpha value is -0.550. The lowest BCUT2D eigenvalue weighted by Crippen LogP contribution is -2.23. The molecule has 5 heteroatoms. The molecule has 0 aliphatic heterocycles. The van der Waals surface area contributed by atoms with Gasteiger partial charge < -0.3 is 5.32 Å². The molecular formula is C9H12F3NS. The van der Waals surface area contributed by atoms with Crippen LogP contribution in [-0.2, 0) is 6.42 Å². The molecule has 1 rings (SSSR count). The predicted octanol–water partition coefficient (Wildman–Crippen LogP) is 2.83. The number of hydrogen-bond acceptors (Lipinski definition) is 2. The molecule has 0 atom stereocenters. The molecule has 1 aromatic rings. The van der Waals surface area contributed by atoms with Crippen LogP contribution < -0.4 is 5.32 Å². The number of thiophene rings is 1. The van der Waals surface area contributed by atoms with Crippen molar-refractivity contribution < 1.29 is 13.2 Å². The summed E-state index contributed by atoms with van der Waals surface area (Å²) in [7, 11) is 0. The third kappa shape index (κ3) is 5.24.